The van der Waals surface area contributed by atoms with Crippen molar-refractivity contribution < 1.29 is 29.3 Å². The Bertz CT molecular complexity index is 728. The van der Waals surface area contributed by atoms with Crippen LogP contribution in [0.15, 0.2) is 42.5 Å². The average Bonchev–Trinajstić information content (AvgIpc) is 2.54. The van der Waals surface area contributed by atoms with Gasteiger partial charge in [-0.15, -0.1) is 0 Å². The molecule has 2 aromatic rings. The van der Waals surface area contributed by atoms with E-state index < -0.39 is 11.9 Å². The van der Waals surface area contributed by atoms with Crippen LogP contribution in [0.1, 0.15) is 10.4 Å². The van der Waals surface area contributed by atoms with Gasteiger partial charge in [-0.2, -0.15) is 0 Å². The quantitative estimate of drug-likeness (QED) is 0.705. The number of carboxylic acid groups (broad SMARTS) is 1. The third-order valence-electron chi connectivity index (χ3n) is 2.92. The van der Waals surface area contributed by atoms with Crippen molar-refractivity contribution in [1.29, 1.82) is 0 Å². The van der Waals surface area contributed by atoms with Crippen molar-refractivity contribution in [3.05, 3.63) is 48.0 Å². The van der Waals surface area contributed by atoms with E-state index in [9.17, 15) is 14.7 Å². The molecule has 0 heterocycles. The van der Waals surface area contributed by atoms with E-state index in [1.807, 2.05) is 0 Å². The number of carbonyl (C=O) groups is 2. The van der Waals surface area contributed by atoms with Crippen LogP contribution in [0.5, 0.6) is 17.2 Å². The molecule has 3 N–H and O–H groups in total. The Morgan fingerprint density at radius 3 is 2.57 bits per heavy atom. The first-order valence-electron chi connectivity index (χ1n) is 6.62. The summed E-state index contributed by atoms with van der Waals surface area (Å²) in [5.74, 6) is -1.05. The van der Waals surface area contributed by atoms with Crippen LogP contribution in [0.2, 0.25) is 0 Å². The molecule has 0 atom stereocenters. The molecule has 7 heteroatoms. The molecular weight excluding hydrogens is 302 g/mol. The minimum atomic E-state index is -1.29. The molecule has 0 radical (unpaired) electrons. The van der Waals surface area contributed by atoms with E-state index in [0.29, 0.717) is 11.5 Å². The lowest BCUT2D eigenvalue weighted by atomic mass is 10.2. The summed E-state index contributed by atoms with van der Waals surface area (Å²) in [4.78, 5) is 22.8. The van der Waals surface area contributed by atoms with Gasteiger partial charge < -0.3 is 25.0 Å². The molecule has 23 heavy (non-hydrogen) atoms. The standard InChI is InChI=1S/C16H15NO6/c1-22-11-3-2-4-12(8-11)23-9-15(19)17-10-5-6-14(18)13(7-10)16(20)21/h2-8,18H,9H2,1H3,(H,17,19)(H,20,21). The summed E-state index contributed by atoms with van der Waals surface area (Å²) in [5, 5.41) is 20.8. The van der Waals surface area contributed by atoms with Crippen LogP contribution in [0.3, 0.4) is 0 Å². The molecule has 0 aliphatic heterocycles. The van der Waals surface area contributed by atoms with Crippen LogP contribution in [-0.4, -0.2) is 35.8 Å². The lowest BCUT2D eigenvalue weighted by Crippen LogP contribution is -2.20. The maximum Gasteiger partial charge on any atom is 0.339 e. The third-order valence-corrected chi connectivity index (χ3v) is 2.92. The van der Waals surface area contributed by atoms with Gasteiger partial charge in [0.1, 0.15) is 22.8 Å². The van der Waals surface area contributed by atoms with E-state index in [2.05, 4.69) is 5.32 Å². The number of aromatic carboxylic acids is 1. The number of benzene rings is 2. The second kappa shape index (κ2) is 7.17. The first-order valence-corrected chi connectivity index (χ1v) is 6.62. The van der Waals surface area contributed by atoms with Gasteiger partial charge in [0.25, 0.3) is 5.91 Å². The number of carboxylic acids is 1. The molecule has 0 aliphatic rings. The van der Waals surface area contributed by atoms with E-state index in [0.717, 1.165) is 0 Å². The Morgan fingerprint density at radius 2 is 1.87 bits per heavy atom. The summed E-state index contributed by atoms with van der Waals surface area (Å²) in [7, 11) is 1.52. The van der Waals surface area contributed by atoms with Crippen molar-refractivity contribution in [2.75, 3.05) is 19.0 Å². The Hall–Kier alpha value is -3.22. The first kappa shape index (κ1) is 16.2. The van der Waals surface area contributed by atoms with Crippen LogP contribution in [0.25, 0.3) is 0 Å². The number of phenols is 1. The van der Waals surface area contributed by atoms with Gasteiger partial charge in [-0.25, -0.2) is 4.79 Å². The van der Waals surface area contributed by atoms with E-state index in [1.54, 1.807) is 24.3 Å². The highest BCUT2D eigenvalue weighted by Gasteiger charge is 2.12. The van der Waals surface area contributed by atoms with E-state index in [-0.39, 0.29) is 23.6 Å². The molecule has 0 unspecified atom stereocenters. The molecule has 0 saturated heterocycles. The highest BCUT2D eigenvalue weighted by atomic mass is 16.5. The van der Waals surface area contributed by atoms with Crippen molar-refractivity contribution in [3.63, 3.8) is 0 Å². The number of ether oxygens (including phenoxy) is 2. The van der Waals surface area contributed by atoms with Gasteiger partial charge in [0.2, 0.25) is 0 Å². The smallest absolute Gasteiger partial charge is 0.339 e. The lowest BCUT2D eigenvalue weighted by molar-refractivity contribution is -0.118. The molecule has 120 valence electrons. The molecule has 0 fully saturated rings. The molecule has 1 amide bonds. The fourth-order valence-electron chi connectivity index (χ4n) is 1.82. The highest BCUT2D eigenvalue weighted by Crippen LogP contribution is 2.22. The minimum Gasteiger partial charge on any atom is -0.507 e. The molecule has 0 aromatic heterocycles. The van der Waals surface area contributed by atoms with Gasteiger partial charge >= 0.3 is 5.97 Å². The number of nitrogens with one attached hydrogen (secondary N) is 1. The number of carbonyl (C=O) groups excluding carboxylic acids is 1. The fraction of sp³-hybridized carbons (Fsp3) is 0.125. The summed E-state index contributed by atoms with van der Waals surface area (Å²) in [6.07, 6.45) is 0. The number of hydrogen-bond donors (Lipinski definition) is 3. The Kier molecular flexibility index (Phi) is 5.03. The van der Waals surface area contributed by atoms with Gasteiger partial charge in [0.05, 0.1) is 7.11 Å². The Morgan fingerprint density at radius 1 is 1.13 bits per heavy atom. The molecule has 0 spiro atoms. The summed E-state index contributed by atoms with van der Waals surface area (Å²) >= 11 is 0. The number of hydrogen-bond acceptors (Lipinski definition) is 5. The Balaban J connectivity index is 1.97. The number of amides is 1. The zero-order valence-corrected chi connectivity index (χ0v) is 12.3. The molecular formula is C16H15NO6. The predicted octanol–water partition coefficient (Wildman–Crippen LogP) is 2.12. The fourth-order valence-corrected chi connectivity index (χ4v) is 1.82. The van der Waals surface area contributed by atoms with E-state index in [4.69, 9.17) is 14.6 Å². The predicted molar refractivity (Wildman–Crippen MR) is 82.2 cm³/mol. The molecule has 0 saturated carbocycles. The Labute approximate surface area is 132 Å². The van der Waals surface area contributed by atoms with Crippen LogP contribution in [0.4, 0.5) is 5.69 Å². The average molecular weight is 317 g/mol. The van der Waals surface area contributed by atoms with Crippen molar-refractivity contribution in [1.82, 2.24) is 0 Å². The molecule has 0 bridgehead atoms. The van der Waals surface area contributed by atoms with Crippen molar-refractivity contribution in [2.45, 2.75) is 0 Å². The molecule has 7 nitrogen and oxygen atoms in total. The van der Waals surface area contributed by atoms with Crippen molar-refractivity contribution in [3.8, 4) is 17.2 Å². The highest BCUT2D eigenvalue weighted by molar-refractivity contribution is 5.96. The van der Waals surface area contributed by atoms with Crippen LogP contribution in [-0.2, 0) is 4.79 Å². The molecule has 2 aromatic carbocycles. The zero-order valence-electron chi connectivity index (χ0n) is 12.3. The summed E-state index contributed by atoms with van der Waals surface area (Å²) < 4.78 is 10.4. The topological polar surface area (TPSA) is 105 Å². The van der Waals surface area contributed by atoms with Gasteiger partial charge in [-0.1, -0.05) is 6.07 Å². The third kappa shape index (κ3) is 4.37. The zero-order chi connectivity index (χ0) is 16.8. The van der Waals surface area contributed by atoms with E-state index in [1.165, 1.54) is 25.3 Å². The number of aromatic hydroxyl groups is 1. The normalized spacial score (nSPS) is 9.96. The van der Waals surface area contributed by atoms with Gasteiger partial charge in [0, 0.05) is 11.8 Å². The van der Waals surface area contributed by atoms with Gasteiger partial charge in [-0.3, -0.25) is 4.79 Å². The lowest BCUT2D eigenvalue weighted by Gasteiger charge is -2.09. The SMILES string of the molecule is COc1cccc(OCC(=O)Nc2ccc(O)c(C(=O)O)c2)c1. The molecule has 0 aliphatic carbocycles. The first-order chi connectivity index (χ1) is 11.0. The van der Waals surface area contributed by atoms with Gasteiger partial charge in [0.15, 0.2) is 6.61 Å². The van der Waals surface area contributed by atoms with Crippen LogP contribution >= 0.6 is 0 Å². The van der Waals surface area contributed by atoms with Crippen molar-refractivity contribution in [2.24, 2.45) is 0 Å². The summed E-state index contributed by atoms with van der Waals surface area (Å²) in [5.41, 5.74) is -0.0454. The van der Waals surface area contributed by atoms with Crippen LogP contribution < -0.4 is 14.8 Å². The number of rotatable bonds is 6. The maximum absolute atomic E-state index is 11.8. The van der Waals surface area contributed by atoms with E-state index >= 15 is 0 Å². The molecule has 2 rings (SSSR count). The van der Waals surface area contributed by atoms with Gasteiger partial charge in [-0.05, 0) is 30.3 Å². The monoisotopic (exact) mass is 317 g/mol. The maximum atomic E-state index is 11.8. The minimum absolute atomic E-state index is 0.249. The second-order valence-electron chi connectivity index (χ2n) is 4.55. The second-order valence-corrected chi connectivity index (χ2v) is 4.55. The van der Waals surface area contributed by atoms with Crippen molar-refractivity contribution >= 4 is 17.6 Å². The largest absolute Gasteiger partial charge is 0.507 e. The number of anilines is 1. The van der Waals surface area contributed by atoms with Crippen LogP contribution in [0, 0.1) is 0 Å². The summed E-state index contributed by atoms with van der Waals surface area (Å²) in [6.45, 7) is -0.254. The number of methoxy groups -OCH3 is 1. The summed E-state index contributed by atoms with van der Waals surface area (Å²) in [6, 6.07) is 10.5.